The molecular weight excluding hydrogens is 256 g/mol. The van der Waals surface area contributed by atoms with Crippen molar-refractivity contribution >= 4 is 15.9 Å². The number of hydrogen-bond donors (Lipinski definition) is 1. The van der Waals surface area contributed by atoms with E-state index in [0.717, 1.165) is 29.3 Å². The fraction of sp³-hybridized carbons (Fsp3) is 0.500. The Kier molecular flexibility index (Phi) is 3.14. The van der Waals surface area contributed by atoms with E-state index in [1.54, 1.807) is 7.11 Å². The van der Waals surface area contributed by atoms with Crippen LogP contribution in [0.15, 0.2) is 22.7 Å². The minimum absolute atomic E-state index is 0.434. The molecule has 0 unspecified atom stereocenters. The van der Waals surface area contributed by atoms with Crippen LogP contribution >= 0.6 is 15.9 Å². The third-order valence-electron chi connectivity index (χ3n) is 2.81. The maximum Gasteiger partial charge on any atom is 0.0716 e. The van der Waals surface area contributed by atoms with E-state index in [4.69, 9.17) is 4.74 Å². The molecule has 82 valence electrons. The molecule has 0 spiro atoms. The van der Waals surface area contributed by atoms with Gasteiger partial charge in [0, 0.05) is 18.0 Å². The van der Waals surface area contributed by atoms with Gasteiger partial charge in [0.05, 0.1) is 12.2 Å². The molecule has 0 saturated heterocycles. The van der Waals surface area contributed by atoms with E-state index in [2.05, 4.69) is 28.1 Å². The highest BCUT2D eigenvalue weighted by Gasteiger charge is 2.40. The van der Waals surface area contributed by atoms with E-state index >= 15 is 0 Å². The highest BCUT2D eigenvalue weighted by atomic mass is 79.9. The molecule has 1 fully saturated rings. The predicted molar refractivity (Wildman–Crippen MR) is 62.7 cm³/mol. The zero-order chi connectivity index (χ0) is 10.9. The molecule has 1 N–H and O–H groups in total. The van der Waals surface area contributed by atoms with Crippen LogP contribution in [-0.4, -0.2) is 17.8 Å². The Morgan fingerprint density at radius 3 is 2.73 bits per heavy atom. The van der Waals surface area contributed by atoms with Gasteiger partial charge in [-0.2, -0.15) is 0 Å². The molecule has 1 aromatic carbocycles. The second-order valence-corrected chi connectivity index (χ2v) is 5.16. The Morgan fingerprint density at radius 2 is 2.13 bits per heavy atom. The first-order valence-electron chi connectivity index (χ1n) is 5.12. The number of hydrogen-bond acceptors (Lipinski definition) is 2. The molecule has 3 heteroatoms. The van der Waals surface area contributed by atoms with E-state index < -0.39 is 5.60 Å². The smallest absolute Gasteiger partial charge is 0.0716 e. The lowest BCUT2D eigenvalue weighted by atomic mass is 10.0. The second kappa shape index (κ2) is 4.24. The van der Waals surface area contributed by atoms with Crippen molar-refractivity contribution in [1.29, 1.82) is 0 Å². The third kappa shape index (κ3) is 2.80. The van der Waals surface area contributed by atoms with Crippen molar-refractivity contribution in [2.75, 3.05) is 7.11 Å². The van der Waals surface area contributed by atoms with Gasteiger partial charge in [-0.3, -0.25) is 0 Å². The van der Waals surface area contributed by atoms with Gasteiger partial charge in [0.15, 0.2) is 0 Å². The molecule has 2 rings (SSSR count). The maximum atomic E-state index is 9.89. The van der Waals surface area contributed by atoms with E-state index in [1.165, 1.54) is 5.56 Å². The molecule has 0 heterocycles. The van der Waals surface area contributed by atoms with Crippen LogP contribution in [0, 0.1) is 0 Å². The molecule has 0 aliphatic heterocycles. The normalized spacial score (nSPS) is 17.8. The monoisotopic (exact) mass is 270 g/mol. The number of aliphatic hydroxyl groups is 1. The lowest BCUT2D eigenvalue weighted by Gasteiger charge is -2.12. The van der Waals surface area contributed by atoms with Crippen LogP contribution in [0.5, 0.6) is 0 Å². The van der Waals surface area contributed by atoms with Crippen LogP contribution in [0.4, 0.5) is 0 Å². The zero-order valence-corrected chi connectivity index (χ0v) is 10.4. The average Bonchev–Trinajstić information content (AvgIpc) is 2.89. The van der Waals surface area contributed by atoms with Gasteiger partial charge >= 0.3 is 0 Å². The fourth-order valence-electron chi connectivity index (χ4n) is 1.73. The number of methoxy groups -OCH3 is 1. The molecule has 1 aliphatic carbocycles. The van der Waals surface area contributed by atoms with Crippen LogP contribution in [-0.2, 0) is 17.8 Å². The van der Waals surface area contributed by atoms with Gasteiger partial charge in [-0.05, 0) is 36.1 Å². The highest BCUT2D eigenvalue weighted by molar-refractivity contribution is 9.10. The summed E-state index contributed by atoms with van der Waals surface area (Å²) < 4.78 is 6.21. The van der Waals surface area contributed by atoms with Crippen LogP contribution in [0.3, 0.4) is 0 Å². The molecule has 1 aromatic rings. The van der Waals surface area contributed by atoms with Crippen LogP contribution in [0.1, 0.15) is 24.0 Å². The minimum atomic E-state index is -0.434. The Balaban J connectivity index is 2.20. The Labute approximate surface area is 98.4 Å². The van der Waals surface area contributed by atoms with Crippen molar-refractivity contribution in [2.24, 2.45) is 0 Å². The van der Waals surface area contributed by atoms with Crippen LogP contribution in [0.25, 0.3) is 0 Å². The van der Waals surface area contributed by atoms with Gasteiger partial charge in [0.1, 0.15) is 0 Å². The third-order valence-corrected chi connectivity index (χ3v) is 3.31. The van der Waals surface area contributed by atoms with E-state index in [-0.39, 0.29) is 0 Å². The molecule has 1 aliphatic rings. The molecular formula is C12H15BrO2. The van der Waals surface area contributed by atoms with E-state index in [0.29, 0.717) is 6.61 Å². The Hall–Kier alpha value is -0.380. The summed E-state index contributed by atoms with van der Waals surface area (Å²) >= 11 is 3.44. The van der Waals surface area contributed by atoms with Crippen molar-refractivity contribution in [3.63, 3.8) is 0 Å². The zero-order valence-electron chi connectivity index (χ0n) is 8.79. The van der Waals surface area contributed by atoms with Crippen molar-refractivity contribution in [3.8, 4) is 0 Å². The van der Waals surface area contributed by atoms with Crippen LogP contribution < -0.4 is 0 Å². The van der Waals surface area contributed by atoms with E-state index in [1.807, 2.05) is 6.07 Å². The summed E-state index contributed by atoms with van der Waals surface area (Å²) in [4.78, 5) is 0. The molecule has 0 atom stereocenters. The SMILES string of the molecule is COCc1cc(Br)ccc1CC1(O)CC1. The quantitative estimate of drug-likeness (QED) is 0.912. The molecule has 0 aromatic heterocycles. The van der Waals surface area contributed by atoms with Gasteiger partial charge in [-0.15, -0.1) is 0 Å². The number of halogens is 1. The first kappa shape index (κ1) is 11.1. The van der Waals surface area contributed by atoms with Crippen molar-refractivity contribution in [2.45, 2.75) is 31.5 Å². The van der Waals surface area contributed by atoms with E-state index in [9.17, 15) is 5.11 Å². The number of rotatable bonds is 4. The predicted octanol–water partition coefficient (Wildman–Crippen LogP) is 2.66. The minimum Gasteiger partial charge on any atom is -0.390 e. The summed E-state index contributed by atoms with van der Waals surface area (Å²) in [5, 5.41) is 9.89. The largest absolute Gasteiger partial charge is 0.390 e. The van der Waals surface area contributed by atoms with Crippen LogP contribution in [0.2, 0.25) is 0 Å². The summed E-state index contributed by atoms with van der Waals surface area (Å²) in [6, 6.07) is 6.14. The maximum absolute atomic E-state index is 9.89. The second-order valence-electron chi connectivity index (χ2n) is 4.25. The van der Waals surface area contributed by atoms with Gasteiger partial charge in [-0.25, -0.2) is 0 Å². The molecule has 1 saturated carbocycles. The lowest BCUT2D eigenvalue weighted by molar-refractivity contribution is 0.148. The summed E-state index contributed by atoms with van der Waals surface area (Å²) in [6.45, 7) is 0.602. The lowest BCUT2D eigenvalue weighted by Crippen LogP contribution is -2.12. The molecule has 0 amide bonds. The molecule has 0 radical (unpaired) electrons. The van der Waals surface area contributed by atoms with Gasteiger partial charge in [0.2, 0.25) is 0 Å². The summed E-state index contributed by atoms with van der Waals surface area (Å²) in [6.07, 6.45) is 2.60. The van der Waals surface area contributed by atoms with Gasteiger partial charge in [0.25, 0.3) is 0 Å². The summed E-state index contributed by atoms with van der Waals surface area (Å²) in [7, 11) is 1.69. The van der Waals surface area contributed by atoms with Crippen molar-refractivity contribution < 1.29 is 9.84 Å². The Morgan fingerprint density at radius 1 is 1.40 bits per heavy atom. The Bertz CT molecular complexity index is 359. The molecule has 15 heavy (non-hydrogen) atoms. The average molecular weight is 271 g/mol. The summed E-state index contributed by atoms with van der Waals surface area (Å²) in [5.74, 6) is 0. The first-order valence-corrected chi connectivity index (χ1v) is 5.91. The molecule has 0 bridgehead atoms. The highest BCUT2D eigenvalue weighted by Crippen LogP contribution is 2.39. The topological polar surface area (TPSA) is 29.5 Å². The van der Waals surface area contributed by atoms with Gasteiger partial charge in [-0.1, -0.05) is 22.0 Å². The van der Waals surface area contributed by atoms with Gasteiger partial charge < -0.3 is 9.84 Å². The fourth-order valence-corrected chi connectivity index (χ4v) is 2.14. The number of ether oxygens (including phenoxy) is 1. The summed E-state index contributed by atoms with van der Waals surface area (Å²) in [5.41, 5.74) is 1.92. The van der Waals surface area contributed by atoms with Crippen molar-refractivity contribution in [1.82, 2.24) is 0 Å². The molecule has 2 nitrogen and oxygen atoms in total. The van der Waals surface area contributed by atoms with Crippen molar-refractivity contribution in [3.05, 3.63) is 33.8 Å². The number of benzene rings is 1. The first-order chi connectivity index (χ1) is 7.13. The standard InChI is InChI=1S/C12H15BrO2/c1-15-8-10-6-11(13)3-2-9(10)7-12(14)4-5-12/h2-3,6,14H,4-5,7-8H2,1H3.